The van der Waals surface area contributed by atoms with Crippen molar-refractivity contribution in [3.05, 3.63) is 115 Å². The third-order valence-electron chi connectivity index (χ3n) is 7.71. The predicted octanol–water partition coefficient (Wildman–Crippen LogP) is 3.29. The van der Waals surface area contributed by atoms with Gasteiger partial charge in [-0.2, -0.15) is 4.39 Å². The first-order valence-electron chi connectivity index (χ1n) is 15.2. The number of aromatic nitrogens is 5. The zero-order chi connectivity index (χ0) is 32.8. The number of rotatable bonds is 13. The number of aryl methyl sites for hydroxylation is 1. The SMILES string of the molecule is CCCn1c2c(c(=O)n(CCCC(C)=O)c1=O)CC(c1ccc(N(CCCn3ccccc3=O)C(=O)c3cccnc3F)nc1)=N2. The lowest BCUT2D eigenvalue weighted by Gasteiger charge is -2.22. The van der Waals surface area contributed by atoms with Crippen LogP contribution in [0.5, 0.6) is 0 Å². The van der Waals surface area contributed by atoms with Gasteiger partial charge in [0, 0.05) is 69.2 Å². The smallest absolute Gasteiger partial charge is 0.315 e. The molecule has 0 spiro atoms. The Morgan fingerprint density at radius 1 is 0.957 bits per heavy atom. The molecule has 0 aliphatic carbocycles. The molecule has 0 aromatic carbocycles. The van der Waals surface area contributed by atoms with E-state index in [1.54, 1.807) is 30.5 Å². The maximum atomic E-state index is 14.5. The normalized spacial score (nSPS) is 12.1. The summed E-state index contributed by atoms with van der Waals surface area (Å²) in [7, 11) is 0. The molecule has 0 saturated carbocycles. The van der Waals surface area contributed by atoms with Crippen molar-refractivity contribution >= 4 is 29.0 Å². The van der Waals surface area contributed by atoms with Gasteiger partial charge in [-0.05, 0) is 56.5 Å². The third-order valence-corrected chi connectivity index (χ3v) is 7.71. The van der Waals surface area contributed by atoms with E-state index in [0.717, 1.165) is 0 Å². The molecule has 1 amide bonds. The highest BCUT2D eigenvalue weighted by Crippen LogP contribution is 2.26. The van der Waals surface area contributed by atoms with Crippen LogP contribution in [0.2, 0.25) is 0 Å². The third kappa shape index (κ3) is 6.82. The maximum Gasteiger partial charge on any atom is 0.332 e. The molecule has 0 saturated heterocycles. The summed E-state index contributed by atoms with van der Waals surface area (Å²) in [6.07, 6.45) is 6.31. The summed E-state index contributed by atoms with van der Waals surface area (Å²) in [5.74, 6) is -0.979. The van der Waals surface area contributed by atoms with Crippen molar-refractivity contribution in [2.75, 3.05) is 11.4 Å². The Bertz CT molecular complexity index is 1980. The van der Waals surface area contributed by atoms with Crippen molar-refractivity contribution in [2.24, 2.45) is 4.99 Å². The molecule has 5 rings (SSSR count). The van der Waals surface area contributed by atoms with E-state index >= 15 is 0 Å². The van der Waals surface area contributed by atoms with Gasteiger partial charge in [-0.15, -0.1) is 0 Å². The van der Waals surface area contributed by atoms with Crippen LogP contribution in [0.3, 0.4) is 0 Å². The summed E-state index contributed by atoms with van der Waals surface area (Å²) in [5.41, 5.74) is 0.260. The molecule has 0 fully saturated rings. The molecule has 0 unspecified atom stereocenters. The van der Waals surface area contributed by atoms with Crippen molar-refractivity contribution in [1.29, 1.82) is 0 Å². The largest absolute Gasteiger partial charge is 0.332 e. The molecule has 5 heterocycles. The van der Waals surface area contributed by atoms with Crippen LogP contribution in [0.4, 0.5) is 16.0 Å². The van der Waals surface area contributed by atoms with E-state index in [2.05, 4.69) is 15.0 Å². The first-order valence-corrected chi connectivity index (χ1v) is 15.2. The molecule has 1 aliphatic heterocycles. The lowest BCUT2D eigenvalue weighted by atomic mass is 10.1. The van der Waals surface area contributed by atoms with Crippen LogP contribution in [0.15, 0.2) is 80.4 Å². The molecule has 4 aromatic rings. The number of aliphatic imine (C=N–C) groups is 1. The number of anilines is 1. The first-order chi connectivity index (χ1) is 22.2. The van der Waals surface area contributed by atoms with Crippen molar-refractivity contribution in [3.63, 3.8) is 0 Å². The van der Waals surface area contributed by atoms with Gasteiger partial charge >= 0.3 is 5.69 Å². The number of nitrogens with zero attached hydrogens (tertiary/aromatic N) is 7. The van der Waals surface area contributed by atoms with Gasteiger partial charge < -0.3 is 9.36 Å². The van der Waals surface area contributed by atoms with E-state index in [1.807, 2.05) is 6.92 Å². The molecule has 1 aliphatic rings. The second kappa shape index (κ2) is 14.2. The Morgan fingerprint density at radius 2 is 1.78 bits per heavy atom. The second-order valence-corrected chi connectivity index (χ2v) is 11.0. The van der Waals surface area contributed by atoms with Crippen LogP contribution in [-0.2, 0) is 30.8 Å². The number of fused-ring (bicyclic) bond motifs is 1. The van der Waals surface area contributed by atoms with E-state index in [4.69, 9.17) is 0 Å². The Hall–Kier alpha value is -5.33. The van der Waals surface area contributed by atoms with Crippen LogP contribution in [-0.4, -0.2) is 47.6 Å². The van der Waals surface area contributed by atoms with Crippen LogP contribution >= 0.6 is 0 Å². The molecule has 238 valence electrons. The van der Waals surface area contributed by atoms with E-state index in [-0.39, 0.29) is 48.7 Å². The van der Waals surface area contributed by atoms with Crippen LogP contribution in [0, 0.1) is 5.95 Å². The lowest BCUT2D eigenvalue weighted by Crippen LogP contribution is -2.41. The number of carbonyl (C=O) groups excluding carboxylic acids is 2. The van der Waals surface area contributed by atoms with E-state index < -0.39 is 23.1 Å². The highest BCUT2D eigenvalue weighted by molar-refractivity contribution is 6.07. The monoisotopic (exact) mass is 627 g/mol. The van der Waals surface area contributed by atoms with Gasteiger partial charge in [0.15, 0.2) is 0 Å². The topological polar surface area (TPSA) is 142 Å². The Labute approximate surface area is 263 Å². The van der Waals surface area contributed by atoms with E-state index in [0.29, 0.717) is 55.0 Å². The molecule has 0 N–H and O–H groups in total. The van der Waals surface area contributed by atoms with Crippen LogP contribution in [0.25, 0.3) is 0 Å². The summed E-state index contributed by atoms with van der Waals surface area (Å²) in [4.78, 5) is 77.8. The number of pyridine rings is 3. The molecule has 0 radical (unpaired) electrons. The number of Topliss-reactive ketones (excluding diaryl/α,β-unsaturated/α-hetero) is 1. The summed E-state index contributed by atoms with van der Waals surface area (Å²) in [5, 5.41) is 0. The molecular weight excluding hydrogens is 593 g/mol. The molecule has 46 heavy (non-hydrogen) atoms. The average molecular weight is 628 g/mol. The summed E-state index contributed by atoms with van der Waals surface area (Å²) in [6, 6.07) is 11.0. The number of hydrogen-bond donors (Lipinski definition) is 0. The van der Waals surface area contributed by atoms with Gasteiger partial charge in [0.1, 0.15) is 17.4 Å². The summed E-state index contributed by atoms with van der Waals surface area (Å²) >= 11 is 0. The molecular formula is C33H34FN7O5. The lowest BCUT2D eigenvalue weighted by molar-refractivity contribution is -0.117. The van der Waals surface area contributed by atoms with Gasteiger partial charge in [0.05, 0.1) is 16.8 Å². The fourth-order valence-electron chi connectivity index (χ4n) is 5.41. The van der Waals surface area contributed by atoms with Gasteiger partial charge in [0.25, 0.3) is 11.5 Å². The predicted molar refractivity (Wildman–Crippen MR) is 170 cm³/mol. The minimum absolute atomic E-state index is 0.0119. The molecule has 12 nitrogen and oxygen atoms in total. The Morgan fingerprint density at radius 3 is 2.48 bits per heavy atom. The number of halogens is 1. The highest BCUT2D eigenvalue weighted by atomic mass is 19.1. The number of ketones is 1. The van der Waals surface area contributed by atoms with Gasteiger partial charge in [-0.3, -0.25) is 28.4 Å². The van der Waals surface area contributed by atoms with Gasteiger partial charge in [0.2, 0.25) is 11.5 Å². The number of carbonyl (C=O) groups is 2. The first kappa shape index (κ1) is 32.1. The van der Waals surface area contributed by atoms with Gasteiger partial charge in [-0.1, -0.05) is 13.0 Å². The van der Waals surface area contributed by atoms with Crippen molar-refractivity contribution in [3.8, 4) is 0 Å². The minimum atomic E-state index is -0.906. The standard InChI is InChI=1S/C33H34FN7O5/c1-3-15-40-30-25(32(45)41(33(40)46)18-7-9-22(2)42)20-26(37-30)23-12-13-27(36-21-23)39(31(44)24-10-6-14-35-29(24)34)19-8-17-38-16-5-4-11-28(38)43/h4-6,10-14,16,21H,3,7-9,15,17-20H2,1-2H3. The van der Waals surface area contributed by atoms with Crippen molar-refractivity contribution in [2.45, 2.75) is 65.6 Å². The zero-order valence-electron chi connectivity index (χ0n) is 25.7. The van der Waals surface area contributed by atoms with E-state index in [1.165, 1.54) is 56.1 Å². The fourth-order valence-corrected chi connectivity index (χ4v) is 5.41. The molecule has 0 bridgehead atoms. The molecule has 13 heteroatoms. The highest BCUT2D eigenvalue weighted by Gasteiger charge is 2.27. The molecule has 0 atom stereocenters. The maximum absolute atomic E-state index is 14.5. The minimum Gasteiger partial charge on any atom is -0.315 e. The fraction of sp³-hybridized carbons (Fsp3) is 0.333. The number of hydrogen-bond acceptors (Lipinski definition) is 8. The number of amides is 1. The molecule has 4 aromatic heterocycles. The summed E-state index contributed by atoms with van der Waals surface area (Å²) in [6.45, 7) is 4.38. The van der Waals surface area contributed by atoms with Crippen molar-refractivity contribution < 1.29 is 14.0 Å². The van der Waals surface area contributed by atoms with Crippen LogP contribution in [0.1, 0.15) is 61.0 Å². The second-order valence-electron chi connectivity index (χ2n) is 11.0. The Kier molecular flexibility index (Phi) is 9.89. The quantitative estimate of drug-likeness (QED) is 0.207. The zero-order valence-corrected chi connectivity index (χ0v) is 25.7. The average Bonchev–Trinajstić information content (AvgIpc) is 3.49. The Balaban J connectivity index is 1.42. The van der Waals surface area contributed by atoms with Crippen LogP contribution < -0.4 is 21.7 Å². The van der Waals surface area contributed by atoms with Crippen molar-refractivity contribution in [1.82, 2.24) is 23.7 Å². The summed E-state index contributed by atoms with van der Waals surface area (Å²) < 4.78 is 18.7. The van der Waals surface area contributed by atoms with Gasteiger partial charge in [-0.25, -0.2) is 19.8 Å². The van der Waals surface area contributed by atoms with E-state index in [9.17, 15) is 28.4 Å².